The summed E-state index contributed by atoms with van der Waals surface area (Å²) in [5.41, 5.74) is 4.44. The lowest BCUT2D eigenvalue weighted by molar-refractivity contribution is -0.125. The molecule has 7 heteroatoms. The largest absolute Gasteiger partial charge is 0.494 e. The lowest BCUT2D eigenvalue weighted by atomic mass is 9.98. The van der Waals surface area contributed by atoms with Crippen LogP contribution in [0, 0.1) is 12.8 Å². The molecule has 1 N–H and O–H groups in total. The van der Waals surface area contributed by atoms with E-state index >= 15 is 0 Å². The van der Waals surface area contributed by atoms with E-state index in [9.17, 15) is 4.79 Å². The number of hydroxylamine groups is 1. The first-order chi connectivity index (χ1) is 14.4. The zero-order valence-electron chi connectivity index (χ0n) is 17.4. The van der Waals surface area contributed by atoms with Crippen LogP contribution in [0.15, 0.2) is 36.4 Å². The van der Waals surface area contributed by atoms with Crippen molar-refractivity contribution < 1.29 is 14.4 Å². The fourth-order valence-electron chi connectivity index (χ4n) is 3.71. The van der Waals surface area contributed by atoms with E-state index in [0.717, 1.165) is 60.8 Å². The first-order valence-electron chi connectivity index (χ1n) is 10.2. The summed E-state index contributed by atoms with van der Waals surface area (Å²) in [6.07, 6.45) is 2.97. The van der Waals surface area contributed by atoms with Crippen LogP contribution in [0.4, 0.5) is 0 Å². The number of ether oxygens (including phenoxy) is 1. The molecule has 0 spiro atoms. The molecule has 2 aromatic rings. The Kier molecular flexibility index (Phi) is 8.25. The molecular weight excluding hydrogens is 423 g/mol. The van der Waals surface area contributed by atoms with Crippen LogP contribution in [0.3, 0.4) is 0 Å². The van der Waals surface area contributed by atoms with Crippen LogP contribution in [0.5, 0.6) is 11.5 Å². The highest BCUT2D eigenvalue weighted by atomic mass is 35.5. The summed E-state index contributed by atoms with van der Waals surface area (Å²) >= 11 is 12.2. The van der Waals surface area contributed by atoms with Crippen molar-refractivity contribution >= 4 is 29.1 Å². The molecule has 0 aromatic heterocycles. The van der Waals surface area contributed by atoms with Gasteiger partial charge in [-0.1, -0.05) is 23.2 Å². The van der Waals surface area contributed by atoms with Crippen molar-refractivity contribution in [3.8, 4) is 11.5 Å². The second-order valence-electron chi connectivity index (χ2n) is 7.78. The maximum absolute atomic E-state index is 11.1. The molecule has 162 valence electrons. The number of likely N-dealkylation sites (tertiary alicyclic amines) is 1. The Hall–Kier alpha value is -1.95. The van der Waals surface area contributed by atoms with Gasteiger partial charge in [0.05, 0.1) is 6.61 Å². The average molecular weight is 451 g/mol. The molecule has 2 aromatic carbocycles. The highest BCUT2D eigenvalue weighted by Gasteiger charge is 2.23. The van der Waals surface area contributed by atoms with Gasteiger partial charge in [0.2, 0.25) is 5.91 Å². The lowest BCUT2D eigenvalue weighted by Crippen LogP contribution is -2.25. The Labute approximate surface area is 188 Å². The molecule has 1 aliphatic rings. The number of carbonyl (C=O) groups excluding carboxylic acids is 1. The number of hydrogen-bond donors (Lipinski definition) is 1. The summed E-state index contributed by atoms with van der Waals surface area (Å²) in [6.45, 7) is 7.20. The quantitative estimate of drug-likeness (QED) is 0.428. The maximum atomic E-state index is 11.1. The summed E-state index contributed by atoms with van der Waals surface area (Å²) in [6, 6.07) is 11.2. The molecule has 0 radical (unpaired) electrons. The fraction of sp³-hybridized carbons (Fsp3) is 0.435. The van der Waals surface area contributed by atoms with Gasteiger partial charge in [-0.3, -0.25) is 4.79 Å². The number of amides is 1. The molecule has 1 unspecified atom stereocenters. The smallest absolute Gasteiger partial charge is 0.249 e. The van der Waals surface area contributed by atoms with Crippen molar-refractivity contribution in [1.29, 1.82) is 0 Å². The first kappa shape index (κ1) is 22.7. The third kappa shape index (κ3) is 6.79. The van der Waals surface area contributed by atoms with E-state index in [1.54, 1.807) is 12.1 Å². The summed E-state index contributed by atoms with van der Waals surface area (Å²) < 4.78 is 5.85. The molecule has 1 atom stereocenters. The van der Waals surface area contributed by atoms with E-state index in [1.165, 1.54) is 6.92 Å². The summed E-state index contributed by atoms with van der Waals surface area (Å²) in [5, 5.41) is 1.43. The third-order valence-electron chi connectivity index (χ3n) is 5.22. The van der Waals surface area contributed by atoms with Crippen molar-refractivity contribution in [1.82, 2.24) is 10.4 Å². The van der Waals surface area contributed by atoms with Crippen molar-refractivity contribution in [2.75, 3.05) is 26.2 Å². The van der Waals surface area contributed by atoms with Crippen LogP contribution in [-0.4, -0.2) is 37.0 Å². The van der Waals surface area contributed by atoms with Crippen LogP contribution < -0.4 is 15.1 Å². The molecule has 1 aliphatic heterocycles. The van der Waals surface area contributed by atoms with E-state index in [0.29, 0.717) is 23.3 Å². The summed E-state index contributed by atoms with van der Waals surface area (Å²) in [5.74, 6) is 1.81. The van der Waals surface area contributed by atoms with E-state index in [4.69, 9.17) is 32.8 Å². The number of nitrogens with zero attached hydrogens (tertiary/aromatic N) is 1. The molecule has 1 heterocycles. The zero-order chi connectivity index (χ0) is 21.5. The molecule has 0 aliphatic carbocycles. The van der Waals surface area contributed by atoms with Gasteiger partial charge in [0, 0.05) is 30.1 Å². The lowest BCUT2D eigenvalue weighted by Gasteiger charge is -2.17. The molecule has 30 heavy (non-hydrogen) atoms. The minimum absolute atomic E-state index is 0.237. The second-order valence-corrected chi connectivity index (χ2v) is 8.63. The van der Waals surface area contributed by atoms with E-state index in [-0.39, 0.29) is 5.91 Å². The fourth-order valence-corrected chi connectivity index (χ4v) is 4.02. The van der Waals surface area contributed by atoms with Crippen LogP contribution in [0.1, 0.15) is 30.9 Å². The number of hydrogen-bond acceptors (Lipinski definition) is 4. The van der Waals surface area contributed by atoms with Gasteiger partial charge < -0.3 is 14.5 Å². The average Bonchev–Trinajstić information content (AvgIpc) is 3.14. The summed E-state index contributed by atoms with van der Waals surface area (Å²) in [4.78, 5) is 19.0. The number of rotatable bonds is 9. The SMILES string of the molecule is CC(=O)NOc1ccc(Cl)cc1CC1CCN(CCCOc2ccc(Cl)c(C)c2)C1. The minimum Gasteiger partial charge on any atom is -0.494 e. The number of benzene rings is 2. The van der Waals surface area contributed by atoms with Gasteiger partial charge in [-0.2, -0.15) is 5.48 Å². The standard InChI is InChI=1S/C23H28Cl2N2O3/c1-16-12-21(5-6-22(16)25)29-11-3-9-27-10-8-18(15-27)13-19-14-20(24)4-7-23(19)30-26-17(2)28/h4-7,12,14,18H,3,8-11,13,15H2,1-2H3,(H,26,28). The van der Waals surface area contributed by atoms with Crippen LogP contribution in [0.25, 0.3) is 0 Å². The van der Waals surface area contributed by atoms with Gasteiger partial charge >= 0.3 is 0 Å². The molecule has 5 nitrogen and oxygen atoms in total. The normalized spacial score (nSPS) is 16.5. The Morgan fingerprint density at radius 3 is 2.83 bits per heavy atom. The Morgan fingerprint density at radius 1 is 1.23 bits per heavy atom. The van der Waals surface area contributed by atoms with Gasteiger partial charge in [0.1, 0.15) is 5.75 Å². The molecule has 0 saturated carbocycles. The predicted molar refractivity (Wildman–Crippen MR) is 120 cm³/mol. The Bertz CT molecular complexity index is 876. The molecule has 0 bridgehead atoms. The molecular formula is C23H28Cl2N2O3. The number of halogens is 2. The number of carbonyl (C=O) groups is 1. The monoisotopic (exact) mass is 450 g/mol. The first-order valence-corrected chi connectivity index (χ1v) is 11.0. The molecule has 1 saturated heterocycles. The van der Waals surface area contributed by atoms with Crippen molar-refractivity contribution in [2.24, 2.45) is 5.92 Å². The third-order valence-corrected chi connectivity index (χ3v) is 5.88. The topological polar surface area (TPSA) is 50.8 Å². The van der Waals surface area contributed by atoms with Gasteiger partial charge in [-0.15, -0.1) is 0 Å². The van der Waals surface area contributed by atoms with Crippen molar-refractivity contribution in [3.05, 3.63) is 57.6 Å². The highest BCUT2D eigenvalue weighted by Crippen LogP contribution is 2.29. The Balaban J connectivity index is 1.43. The van der Waals surface area contributed by atoms with E-state index in [2.05, 4.69) is 10.4 Å². The van der Waals surface area contributed by atoms with Crippen molar-refractivity contribution in [2.45, 2.75) is 33.1 Å². The molecule has 1 amide bonds. The molecule has 3 rings (SSSR count). The highest BCUT2D eigenvalue weighted by molar-refractivity contribution is 6.31. The number of aryl methyl sites for hydroxylation is 1. The van der Waals surface area contributed by atoms with E-state index < -0.39 is 0 Å². The van der Waals surface area contributed by atoms with Crippen LogP contribution >= 0.6 is 23.2 Å². The minimum atomic E-state index is -0.237. The van der Waals surface area contributed by atoms with Crippen molar-refractivity contribution in [3.63, 3.8) is 0 Å². The van der Waals surface area contributed by atoms with Gasteiger partial charge in [-0.25, -0.2) is 0 Å². The van der Waals surface area contributed by atoms with Gasteiger partial charge in [0.15, 0.2) is 5.75 Å². The maximum Gasteiger partial charge on any atom is 0.249 e. The second kappa shape index (κ2) is 10.9. The van der Waals surface area contributed by atoms with Gasteiger partial charge in [0.25, 0.3) is 0 Å². The predicted octanol–water partition coefficient (Wildman–Crippen LogP) is 5.07. The summed E-state index contributed by atoms with van der Waals surface area (Å²) in [7, 11) is 0. The Morgan fingerprint density at radius 2 is 2.07 bits per heavy atom. The zero-order valence-corrected chi connectivity index (χ0v) is 18.9. The molecule has 1 fully saturated rings. The van der Waals surface area contributed by atoms with E-state index in [1.807, 2.05) is 31.2 Å². The van der Waals surface area contributed by atoms with Gasteiger partial charge in [-0.05, 0) is 86.2 Å². The number of nitrogens with one attached hydrogen (secondary N) is 1. The van der Waals surface area contributed by atoms with Crippen LogP contribution in [-0.2, 0) is 11.2 Å². The van der Waals surface area contributed by atoms with Crippen LogP contribution in [0.2, 0.25) is 10.0 Å².